The van der Waals surface area contributed by atoms with Crippen LogP contribution in [-0.4, -0.2) is 42.4 Å². The van der Waals surface area contributed by atoms with Gasteiger partial charge < -0.3 is 10.3 Å². The van der Waals surface area contributed by atoms with E-state index in [2.05, 4.69) is 20.4 Å². The molecule has 0 aliphatic heterocycles. The van der Waals surface area contributed by atoms with Crippen LogP contribution in [0.2, 0.25) is 0 Å². The van der Waals surface area contributed by atoms with Gasteiger partial charge in [0.1, 0.15) is 10.7 Å². The number of nitrogens with one attached hydrogen (secondary N) is 2. The first kappa shape index (κ1) is 21.0. The van der Waals surface area contributed by atoms with E-state index in [0.29, 0.717) is 36.7 Å². The first-order valence-electron chi connectivity index (χ1n) is 10.5. The van der Waals surface area contributed by atoms with Gasteiger partial charge in [0.15, 0.2) is 5.65 Å². The Bertz CT molecular complexity index is 1420. The highest BCUT2D eigenvalue weighted by Gasteiger charge is 2.21. The molecule has 4 aromatic rings. The molecule has 1 amide bonds. The average Bonchev–Trinajstić information content (AvgIpc) is 3.45. The fourth-order valence-electron chi connectivity index (χ4n) is 3.98. The van der Waals surface area contributed by atoms with Gasteiger partial charge in [0.05, 0.1) is 16.9 Å². The van der Waals surface area contributed by atoms with Crippen LogP contribution >= 0.6 is 23.1 Å². The Kier molecular flexibility index (Phi) is 5.83. The van der Waals surface area contributed by atoms with Crippen LogP contribution in [0, 0.1) is 0 Å². The van der Waals surface area contributed by atoms with Crippen LogP contribution in [0.25, 0.3) is 15.9 Å². The van der Waals surface area contributed by atoms with E-state index in [0.717, 1.165) is 29.5 Å². The number of thioether (sulfide) groups is 1. The first-order valence-corrected chi connectivity index (χ1v) is 12.5. The lowest BCUT2D eigenvalue weighted by molar-refractivity contribution is -0.118. The van der Waals surface area contributed by atoms with Crippen LogP contribution in [0.15, 0.2) is 34.0 Å². The van der Waals surface area contributed by atoms with E-state index >= 15 is 0 Å². The van der Waals surface area contributed by atoms with Gasteiger partial charge in [-0.2, -0.15) is 0 Å². The minimum Gasteiger partial charge on any atom is -0.355 e. The Morgan fingerprint density at radius 1 is 1.28 bits per heavy atom. The van der Waals surface area contributed by atoms with Crippen molar-refractivity contribution in [2.24, 2.45) is 0 Å². The van der Waals surface area contributed by atoms with Gasteiger partial charge in [0, 0.05) is 24.2 Å². The molecular weight excluding hydrogens is 448 g/mol. The van der Waals surface area contributed by atoms with Gasteiger partial charge in [0.25, 0.3) is 5.56 Å². The normalized spacial score (nSPS) is 13.1. The Morgan fingerprint density at radius 3 is 3.06 bits per heavy atom. The molecule has 0 radical (unpaired) electrons. The van der Waals surface area contributed by atoms with Gasteiger partial charge >= 0.3 is 5.69 Å². The van der Waals surface area contributed by atoms with E-state index in [1.807, 2.05) is 6.07 Å². The minimum absolute atomic E-state index is 0.0726. The molecule has 9 nitrogen and oxygen atoms in total. The molecule has 0 fully saturated rings. The highest BCUT2D eigenvalue weighted by Crippen LogP contribution is 2.34. The fourth-order valence-corrected chi connectivity index (χ4v) is 5.98. The van der Waals surface area contributed by atoms with Crippen molar-refractivity contribution in [3.63, 3.8) is 0 Å². The molecular formula is C21H22N6O3S2. The topological polar surface area (TPSA) is 114 Å². The zero-order chi connectivity index (χ0) is 22.1. The predicted molar refractivity (Wildman–Crippen MR) is 126 cm³/mol. The summed E-state index contributed by atoms with van der Waals surface area (Å²) in [6.45, 7) is 0.894. The van der Waals surface area contributed by atoms with E-state index in [9.17, 15) is 14.4 Å². The molecule has 32 heavy (non-hydrogen) atoms. The third kappa shape index (κ3) is 4.09. The van der Waals surface area contributed by atoms with Gasteiger partial charge in [0.2, 0.25) is 5.91 Å². The standard InChI is InChI=1S/C21H22N6O3S2/c28-17(22-8-4-10-27-21(30)26-9-2-1-7-16(26)25-27)12-31-11-15-23-19(29)18-13-5-3-6-14(13)32-20(18)24-15/h1-2,7,9H,3-6,8,10-12H2,(H,22,28)(H,23,24,29). The zero-order valence-electron chi connectivity index (χ0n) is 17.3. The van der Waals surface area contributed by atoms with Gasteiger partial charge in [-0.1, -0.05) is 6.07 Å². The van der Waals surface area contributed by atoms with Crippen LogP contribution in [-0.2, 0) is 29.9 Å². The smallest absolute Gasteiger partial charge is 0.350 e. The molecule has 0 aromatic carbocycles. The van der Waals surface area contributed by atoms with Gasteiger partial charge in [-0.3, -0.25) is 14.0 Å². The van der Waals surface area contributed by atoms with Crippen molar-refractivity contribution in [2.45, 2.75) is 38.0 Å². The summed E-state index contributed by atoms with van der Waals surface area (Å²) < 4.78 is 2.91. The lowest BCUT2D eigenvalue weighted by Crippen LogP contribution is -2.28. The first-order chi connectivity index (χ1) is 15.6. The molecule has 0 bridgehead atoms. The van der Waals surface area contributed by atoms with Crippen molar-refractivity contribution < 1.29 is 4.79 Å². The highest BCUT2D eigenvalue weighted by molar-refractivity contribution is 7.99. The molecule has 0 unspecified atom stereocenters. The van der Waals surface area contributed by atoms with Crippen molar-refractivity contribution >= 4 is 44.9 Å². The zero-order valence-corrected chi connectivity index (χ0v) is 18.9. The van der Waals surface area contributed by atoms with Crippen LogP contribution < -0.4 is 16.6 Å². The summed E-state index contributed by atoms with van der Waals surface area (Å²) in [5.74, 6) is 1.26. The lowest BCUT2D eigenvalue weighted by Gasteiger charge is -2.05. The molecule has 5 rings (SSSR count). The van der Waals surface area contributed by atoms with Crippen LogP contribution in [0.3, 0.4) is 0 Å². The maximum absolute atomic E-state index is 12.5. The van der Waals surface area contributed by atoms with E-state index < -0.39 is 0 Å². The summed E-state index contributed by atoms with van der Waals surface area (Å²) in [7, 11) is 0. The Morgan fingerprint density at radius 2 is 2.19 bits per heavy atom. The summed E-state index contributed by atoms with van der Waals surface area (Å²) in [5, 5.41) is 7.88. The molecule has 0 saturated heterocycles. The maximum Gasteiger partial charge on any atom is 0.350 e. The number of pyridine rings is 1. The summed E-state index contributed by atoms with van der Waals surface area (Å²) in [5.41, 5.74) is 1.52. The van der Waals surface area contributed by atoms with Crippen LogP contribution in [0.5, 0.6) is 0 Å². The summed E-state index contributed by atoms with van der Waals surface area (Å²) in [6.07, 6.45) is 5.39. The second-order valence-electron chi connectivity index (χ2n) is 7.68. The molecule has 1 aliphatic rings. The molecule has 0 spiro atoms. The molecule has 166 valence electrons. The lowest BCUT2D eigenvalue weighted by atomic mass is 10.2. The molecule has 1 aliphatic carbocycles. The number of amides is 1. The quantitative estimate of drug-likeness (QED) is 0.379. The van der Waals surface area contributed by atoms with Crippen molar-refractivity contribution in [2.75, 3.05) is 12.3 Å². The SMILES string of the molecule is O=C(CSCc1nc2sc3c(c2c(=O)[nH]1)CCC3)NCCCn1nc2ccccn2c1=O. The molecule has 11 heteroatoms. The highest BCUT2D eigenvalue weighted by atomic mass is 32.2. The summed E-state index contributed by atoms with van der Waals surface area (Å²) >= 11 is 3.03. The second kappa shape index (κ2) is 8.91. The van der Waals surface area contributed by atoms with Crippen LogP contribution in [0.4, 0.5) is 0 Å². The third-order valence-electron chi connectivity index (χ3n) is 5.45. The number of hydrogen-bond acceptors (Lipinski definition) is 7. The van der Waals surface area contributed by atoms with E-state index in [-0.39, 0.29) is 22.9 Å². The molecule has 0 atom stereocenters. The van der Waals surface area contributed by atoms with Crippen molar-refractivity contribution in [3.8, 4) is 0 Å². The number of aromatic nitrogens is 5. The molecule has 0 saturated carbocycles. The number of nitrogens with zero attached hydrogens (tertiary/aromatic N) is 4. The summed E-state index contributed by atoms with van der Waals surface area (Å²) in [4.78, 5) is 46.4. The Hall–Kier alpha value is -2.92. The average molecular weight is 471 g/mol. The van der Waals surface area contributed by atoms with E-state index in [4.69, 9.17) is 0 Å². The fraction of sp³-hybridized carbons (Fsp3) is 0.381. The van der Waals surface area contributed by atoms with E-state index in [1.165, 1.54) is 31.3 Å². The van der Waals surface area contributed by atoms with Crippen LogP contribution in [0.1, 0.15) is 29.1 Å². The van der Waals surface area contributed by atoms with Gasteiger partial charge in [-0.05, 0) is 43.4 Å². The van der Waals surface area contributed by atoms with Crippen molar-refractivity contribution in [3.05, 3.63) is 61.5 Å². The number of H-pyrrole nitrogens is 1. The number of aryl methyl sites for hydroxylation is 3. The monoisotopic (exact) mass is 470 g/mol. The number of hydrogen-bond donors (Lipinski definition) is 2. The number of carbonyl (C=O) groups is 1. The van der Waals surface area contributed by atoms with Crippen molar-refractivity contribution in [1.29, 1.82) is 0 Å². The van der Waals surface area contributed by atoms with Gasteiger partial charge in [-0.25, -0.2) is 14.5 Å². The molecule has 4 heterocycles. The number of fused-ring (bicyclic) bond motifs is 4. The third-order valence-corrected chi connectivity index (χ3v) is 7.58. The molecule has 2 N–H and O–H groups in total. The number of aromatic amines is 1. The molecule has 4 aromatic heterocycles. The number of rotatable bonds is 8. The Balaban J connectivity index is 1.08. The minimum atomic E-state index is -0.183. The largest absolute Gasteiger partial charge is 0.355 e. The van der Waals surface area contributed by atoms with E-state index in [1.54, 1.807) is 29.7 Å². The maximum atomic E-state index is 12.5. The number of thiophene rings is 1. The predicted octanol–water partition coefficient (Wildman–Crippen LogP) is 1.72. The van der Waals surface area contributed by atoms with Gasteiger partial charge in [-0.15, -0.1) is 28.2 Å². The second-order valence-corrected chi connectivity index (χ2v) is 9.75. The Labute approximate surface area is 190 Å². The summed E-state index contributed by atoms with van der Waals surface area (Å²) in [6, 6.07) is 5.40. The van der Waals surface area contributed by atoms with Crippen molar-refractivity contribution in [1.82, 2.24) is 29.5 Å². The number of carbonyl (C=O) groups excluding carboxylic acids is 1.